The van der Waals surface area contributed by atoms with Crippen molar-refractivity contribution in [2.75, 3.05) is 13.2 Å². The number of ether oxygens (including phenoxy) is 1. The van der Waals surface area contributed by atoms with E-state index in [4.69, 9.17) is 14.1 Å². The standard InChI is InChI=1S/C11H14N2O6S/c14-13(15)7-1-3-8(4-2-7)19-20(16,17)12-11-9-5-18-6-10(9)11/h1-4,9-14H,5-6H2. The lowest BCUT2D eigenvalue weighted by atomic mass is 10.3. The third kappa shape index (κ3) is 2.77. The molecule has 1 saturated heterocycles. The lowest BCUT2D eigenvalue weighted by molar-refractivity contribution is -0.991. The van der Waals surface area contributed by atoms with Gasteiger partial charge in [-0.2, -0.15) is 18.4 Å². The SMILES string of the molecule is O=S(=O)(NC1C2COCC21)Oc1ccc([NH+]([O-])O)cc1. The van der Waals surface area contributed by atoms with Gasteiger partial charge in [0.25, 0.3) is 0 Å². The molecule has 110 valence electrons. The Morgan fingerprint density at radius 2 is 1.90 bits per heavy atom. The Bertz CT molecular complexity index is 577. The van der Waals surface area contributed by atoms with E-state index in [1.807, 2.05) is 0 Å². The topological polar surface area (TPSA) is 112 Å². The first-order valence-electron chi connectivity index (χ1n) is 6.09. The number of benzene rings is 1. The zero-order valence-corrected chi connectivity index (χ0v) is 11.2. The minimum Gasteiger partial charge on any atom is -0.595 e. The molecule has 1 aromatic rings. The van der Waals surface area contributed by atoms with Crippen molar-refractivity contribution >= 4 is 16.0 Å². The van der Waals surface area contributed by atoms with Crippen LogP contribution in [0.5, 0.6) is 5.75 Å². The normalized spacial score (nSPS) is 29.8. The summed E-state index contributed by atoms with van der Waals surface area (Å²) in [5.41, 5.74) is 0.0663. The Morgan fingerprint density at radius 1 is 1.30 bits per heavy atom. The average Bonchev–Trinajstić information content (AvgIpc) is 2.83. The second-order valence-electron chi connectivity index (χ2n) is 4.88. The molecule has 1 saturated carbocycles. The lowest BCUT2D eigenvalue weighted by Gasteiger charge is -2.12. The van der Waals surface area contributed by atoms with Gasteiger partial charge in [0.05, 0.1) is 13.2 Å². The van der Waals surface area contributed by atoms with Gasteiger partial charge in [0, 0.05) is 30.0 Å². The Morgan fingerprint density at radius 3 is 2.45 bits per heavy atom. The van der Waals surface area contributed by atoms with E-state index in [1.165, 1.54) is 24.3 Å². The molecule has 8 nitrogen and oxygen atoms in total. The Labute approximate surface area is 115 Å². The van der Waals surface area contributed by atoms with Gasteiger partial charge in [-0.1, -0.05) is 0 Å². The molecule has 0 spiro atoms. The van der Waals surface area contributed by atoms with E-state index in [9.17, 15) is 13.6 Å². The van der Waals surface area contributed by atoms with Crippen molar-refractivity contribution in [2.24, 2.45) is 11.8 Å². The van der Waals surface area contributed by atoms with Crippen LogP contribution < -0.4 is 14.1 Å². The van der Waals surface area contributed by atoms with E-state index in [1.54, 1.807) is 0 Å². The maximum absolute atomic E-state index is 11.8. The van der Waals surface area contributed by atoms with E-state index in [0.29, 0.717) is 13.2 Å². The third-order valence-electron chi connectivity index (χ3n) is 3.54. The summed E-state index contributed by atoms with van der Waals surface area (Å²) in [7, 11) is -3.90. The van der Waals surface area contributed by atoms with Crippen molar-refractivity contribution in [3.8, 4) is 5.75 Å². The number of quaternary nitrogens is 1. The molecule has 3 unspecified atom stereocenters. The van der Waals surface area contributed by atoms with E-state index in [2.05, 4.69) is 4.72 Å². The van der Waals surface area contributed by atoms with Crippen LogP contribution in [-0.2, 0) is 15.0 Å². The van der Waals surface area contributed by atoms with Crippen LogP contribution in [0.25, 0.3) is 0 Å². The molecule has 3 N–H and O–H groups in total. The molecule has 1 aliphatic carbocycles. The number of fused-ring (bicyclic) bond motifs is 1. The highest BCUT2D eigenvalue weighted by Crippen LogP contribution is 2.44. The fraction of sp³-hybridized carbons (Fsp3) is 0.455. The molecular formula is C11H14N2O6S. The maximum Gasteiger partial charge on any atom is 0.382 e. The Hall–Kier alpha value is -1.23. The first-order chi connectivity index (χ1) is 9.46. The molecule has 1 heterocycles. The quantitative estimate of drug-likeness (QED) is 0.598. The van der Waals surface area contributed by atoms with Crippen LogP contribution in [0, 0.1) is 17.0 Å². The van der Waals surface area contributed by atoms with Gasteiger partial charge in [-0.25, -0.2) is 5.21 Å². The fourth-order valence-electron chi connectivity index (χ4n) is 2.38. The van der Waals surface area contributed by atoms with Gasteiger partial charge in [-0.05, 0) is 12.1 Å². The number of hydrogen-bond acceptors (Lipinski definition) is 6. The highest BCUT2D eigenvalue weighted by atomic mass is 32.2. The van der Waals surface area contributed by atoms with Gasteiger partial charge in [0.15, 0.2) is 5.69 Å². The lowest BCUT2D eigenvalue weighted by Crippen LogP contribution is -2.99. The summed E-state index contributed by atoms with van der Waals surface area (Å²) in [5.74, 6) is 0.551. The van der Waals surface area contributed by atoms with E-state index in [-0.39, 0.29) is 29.3 Å². The Kier molecular flexibility index (Phi) is 3.40. The summed E-state index contributed by atoms with van der Waals surface area (Å²) in [6.45, 7) is 1.15. The molecule has 0 amide bonds. The number of hydrogen-bond donors (Lipinski definition) is 3. The smallest absolute Gasteiger partial charge is 0.382 e. The molecule has 2 aliphatic rings. The van der Waals surface area contributed by atoms with Gasteiger partial charge in [-0.3, -0.25) is 0 Å². The number of rotatable bonds is 5. The zero-order valence-electron chi connectivity index (χ0n) is 10.4. The summed E-state index contributed by atoms with van der Waals surface area (Å²) in [5, 5.41) is 18.3. The first kappa shape index (κ1) is 13.7. The summed E-state index contributed by atoms with van der Waals surface area (Å²) in [6.07, 6.45) is 0. The molecule has 3 rings (SSSR count). The van der Waals surface area contributed by atoms with Gasteiger partial charge in [-0.15, -0.1) is 0 Å². The first-order valence-corrected chi connectivity index (χ1v) is 7.50. The van der Waals surface area contributed by atoms with Crippen LogP contribution in [0.4, 0.5) is 5.69 Å². The minimum absolute atomic E-state index is 0.0663. The summed E-state index contributed by atoms with van der Waals surface area (Å²) in [4.78, 5) is 0. The summed E-state index contributed by atoms with van der Waals surface area (Å²) < 4.78 is 36.1. The van der Waals surface area contributed by atoms with Crippen LogP contribution in [-0.4, -0.2) is 32.9 Å². The third-order valence-corrected chi connectivity index (χ3v) is 4.51. The molecule has 3 atom stereocenters. The highest BCUT2D eigenvalue weighted by molar-refractivity contribution is 7.85. The van der Waals surface area contributed by atoms with E-state index < -0.39 is 15.5 Å². The molecule has 2 fully saturated rings. The van der Waals surface area contributed by atoms with Crippen molar-refractivity contribution in [2.45, 2.75) is 6.04 Å². The van der Waals surface area contributed by atoms with Gasteiger partial charge in [0.2, 0.25) is 0 Å². The Balaban J connectivity index is 1.61. The second-order valence-corrected chi connectivity index (χ2v) is 6.19. The minimum atomic E-state index is -3.90. The van der Waals surface area contributed by atoms with E-state index in [0.717, 1.165) is 0 Å². The molecule has 1 aromatic carbocycles. The van der Waals surface area contributed by atoms with Crippen LogP contribution in [0.15, 0.2) is 24.3 Å². The molecular weight excluding hydrogens is 288 g/mol. The van der Waals surface area contributed by atoms with Gasteiger partial charge >= 0.3 is 10.3 Å². The van der Waals surface area contributed by atoms with Crippen LogP contribution >= 0.6 is 0 Å². The van der Waals surface area contributed by atoms with Crippen LogP contribution in [0.1, 0.15) is 0 Å². The largest absolute Gasteiger partial charge is 0.595 e. The van der Waals surface area contributed by atoms with Crippen LogP contribution in [0.3, 0.4) is 0 Å². The maximum atomic E-state index is 11.8. The van der Waals surface area contributed by atoms with Gasteiger partial charge < -0.3 is 14.1 Å². The fourth-order valence-corrected chi connectivity index (χ4v) is 3.48. The summed E-state index contributed by atoms with van der Waals surface area (Å²) >= 11 is 0. The highest BCUT2D eigenvalue weighted by Gasteiger charge is 2.55. The molecule has 0 bridgehead atoms. The molecule has 20 heavy (non-hydrogen) atoms. The van der Waals surface area contributed by atoms with Crippen molar-refractivity contribution < 1.29 is 27.8 Å². The molecule has 9 heteroatoms. The van der Waals surface area contributed by atoms with Crippen molar-refractivity contribution in [3.05, 3.63) is 29.5 Å². The zero-order chi connectivity index (χ0) is 14.3. The summed E-state index contributed by atoms with van der Waals surface area (Å²) in [6, 6.07) is 5.06. The van der Waals surface area contributed by atoms with Crippen molar-refractivity contribution in [1.82, 2.24) is 4.72 Å². The van der Waals surface area contributed by atoms with Gasteiger partial charge in [0.1, 0.15) is 5.75 Å². The number of nitrogens with one attached hydrogen (secondary N) is 2. The van der Waals surface area contributed by atoms with Crippen molar-refractivity contribution in [1.29, 1.82) is 0 Å². The van der Waals surface area contributed by atoms with Crippen LogP contribution in [0.2, 0.25) is 0 Å². The molecule has 0 radical (unpaired) electrons. The second kappa shape index (κ2) is 4.95. The molecule has 0 aromatic heterocycles. The average molecular weight is 302 g/mol. The predicted octanol–water partition coefficient (Wildman–Crippen LogP) is -1.05. The van der Waals surface area contributed by atoms with E-state index >= 15 is 0 Å². The molecule has 1 aliphatic heterocycles. The predicted molar refractivity (Wildman–Crippen MR) is 66.5 cm³/mol. The van der Waals surface area contributed by atoms with Crippen molar-refractivity contribution in [3.63, 3.8) is 0 Å². The monoisotopic (exact) mass is 302 g/mol.